The van der Waals surface area contributed by atoms with Crippen LogP contribution >= 0.6 is 0 Å². The fourth-order valence-electron chi connectivity index (χ4n) is 2.32. The van der Waals surface area contributed by atoms with Crippen molar-refractivity contribution in [3.63, 3.8) is 0 Å². The molecule has 6 nitrogen and oxygen atoms in total. The van der Waals surface area contributed by atoms with Crippen molar-refractivity contribution in [3.05, 3.63) is 29.8 Å². The maximum Gasteiger partial charge on any atom is 0.338 e. The fraction of sp³-hybridized carbons (Fsp3) is 0.500. The summed E-state index contributed by atoms with van der Waals surface area (Å²) in [4.78, 5) is 14.1. The Labute approximate surface area is 124 Å². The maximum absolute atomic E-state index is 11.8. The molecular weight excluding hydrogens is 292 g/mol. The molecule has 2 rings (SSSR count). The molecule has 1 heterocycles. The quantitative estimate of drug-likeness (QED) is 0.624. The molecule has 21 heavy (non-hydrogen) atoms. The van der Waals surface area contributed by atoms with Gasteiger partial charge in [-0.1, -0.05) is 0 Å². The molecule has 0 unspecified atom stereocenters. The number of carbonyl (C=O) groups is 1. The monoisotopic (exact) mass is 312 g/mol. The van der Waals surface area contributed by atoms with Crippen LogP contribution in [0.5, 0.6) is 0 Å². The van der Waals surface area contributed by atoms with E-state index in [1.54, 1.807) is 0 Å². The summed E-state index contributed by atoms with van der Waals surface area (Å²) in [7, 11) is -3.73. The van der Waals surface area contributed by atoms with E-state index >= 15 is 0 Å². The lowest BCUT2D eigenvalue weighted by molar-refractivity contribution is 0.0491. The van der Waals surface area contributed by atoms with E-state index < -0.39 is 16.0 Å². The molecule has 0 spiro atoms. The molecule has 1 aromatic rings. The van der Waals surface area contributed by atoms with Crippen LogP contribution in [-0.2, 0) is 14.8 Å². The molecule has 0 aliphatic carbocycles. The number of primary sulfonamides is 1. The van der Waals surface area contributed by atoms with Crippen LogP contribution in [-0.4, -0.2) is 45.5 Å². The van der Waals surface area contributed by atoms with Crippen molar-refractivity contribution in [2.24, 2.45) is 5.14 Å². The van der Waals surface area contributed by atoms with Crippen LogP contribution in [0.15, 0.2) is 29.2 Å². The molecule has 0 radical (unpaired) electrons. The first-order valence-corrected chi connectivity index (χ1v) is 8.54. The van der Waals surface area contributed by atoms with Gasteiger partial charge >= 0.3 is 5.97 Å². The lowest BCUT2D eigenvalue weighted by atomic mass is 10.2. The highest BCUT2D eigenvalue weighted by molar-refractivity contribution is 7.89. The van der Waals surface area contributed by atoms with Crippen LogP contribution in [0.1, 0.15) is 29.6 Å². The van der Waals surface area contributed by atoms with Crippen LogP contribution in [0, 0.1) is 0 Å². The Kier molecular flexibility index (Phi) is 5.33. The van der Waals surface area contributed by atoms with Crippen LogP contribution in [0.4, 0.5) is 0 Å². The van der Waals surface area contributed by atoms with Crippen molar-refractivity contribution >= 4 is 16.0 Å². The minimum atomic E-state index is -3.73. The summed E-state index contributed by atoms with van der Waals surface area (Å²) in [6, 6.07) is 5.41. The van der Waals surface area contributed by atoms with Gasteiger partial charge in [-0.15, -0.1) is 0 Å². The molecule has 1 aliphatic heterocycles. The summed E-state index contributed by atoms with van der Waals surface area (Å²) >= 11 is 0. The first kappa shape index (κ1) is 15.9. The number of benzene rings is 1. The summed E-state index contributed by atoms with van der Waals surface area (Å²) in [6.45, 7) is 3.57. The number of likely N-dealkylation sites (tertiary alicyclic amines) is 1. The van der Waals surface area contributed by atoms with Crippen molar-refractivity contribution in [1.82, 2.24) is 4.90 Å². The minimum Gasteiger partial charge on any atom is -0.462 e. The molecule has 0 aromatic heterocycles. The molecule has 0 bridgehead atoms. The van der Waals surface area contributed by atoms with Crippen LogP contribution in [0.25, 0.3) is 0 Å². The van der Waals surface area contributed by atoms with Crippen LogP contribution in [0.2, 0.25) is 0 Å². The molecule has 0 amide bonds. The Morgan fingerprint density at radius 2 is 1.81 bits per heavy atom. The Balaban J connectivity index is 1.77. The number of esters is 1. The smallest absolute Gasteiger partial charge is 0.338 e. The summed E-state index contributed by atoms with van der Waals surface area (Å²) in [5, 5.41) is 4.99. The Morgan fingerprint density at radius 1 is 1.19 bits per heavy atom. The zero-order valence-electron chi connectivity index (χ0n) is 11.8. The number of hydrogen-bond acceptors (Lipinski definition) is 5. The van der Waals surface area contributed by atoms with Crippen molar-refractivity contribution in [1.29, 1.82) is 0 Å². The predicted octanol–water partition coefficient (Wildman–Crippen LogP) is 0.977. The normalized spacial score (nSPS) is 16.0. The van der Waals surface area contributed by atoms with E-state index in [0.717, 1.165) is 26.1 Å². The van der Waals surface area contributed by atoms with Gasteiger partial charge in [-0.05, 0) is 56.6 Å². The third-order valence-electron chi connectivity index (χ3n) is 3.47. The lowest BCUT2D eigenvalue weighted by Gasteiger charge is -2.14. The lowest BCUT2D eigenvalue weighted by Crippen LogP contribution is -2.22. The number of nitrogens with zero attached hydrogens (tertiary/aromatic N) is 1. The second-order valence-electron chi connectivity index (χ2n) is 5.11. The average molecular weight is 312 g/mol. The standard InChI is InChI=1S/C14H20N2O4S/c15-21(18,19)13-6-4-12(5-7-13)14(17)20-11-3-10-16-8-1-2-9-16/h4-7H,1-3,8-11H2,(H2,15,18,19). The third-order valence-corrected chi connectivity index (χ3v) is 4.40. The highest BCUT2D eigenvalue weighted by Gasteiger charge is 2.13. The molecule has 116 valence electrons. The second-order valence-corrected chi connectivity index (χ2v) is 6.67. The van der Waals surface area contributed by atoms with E-state index in [1.165, 1.54) is 37.1 Å². The molecular formula is C14H20N2O4S. The van der Waals surface area contributed by atoms with Gasteiger partial charge in [0.2, 0.25) is 10.0 Å². The van der Waals surface area contributed by atoms with E-state index in [4.69, 9.17) is 9.88 Å². The highest BCUT2D eigenvalue weighted by Crippen LogP contribution is 2.10. The molecule has 7 heteroatoms. The van der Waals surface area contributed by atoms with Gasteiger partial charge in [-0.3, -0.25) is 0 Å². The molecule has 1 fully saturated rings. The van der Waals surface area contributed by atoms with Gasteiger partial charge in [-0.25, -0.2) is 18.4 Å². The van der Waals surface area contributed by atoms with Gasteiger partial charge in [0.1, 0.15) is 0 Å². The number of carbonyl (C=O) groups excluding carboxylic acids is 1. The van der Waals surface area contributed by atoms with E-state index in [-0.39, 0.29) is 4.90 Å². The number of rotatable bonds is 6. The summed E-state index contributed by atoms with van der Waals surface area (Å²) in [5.41, 5.74) is 0.323. The number of ether oxygens (including phenoxy) is 1. The molecule has 1 saturated heterocycles. The zero-order valence-corrected chi connectivity index (χ0v) is 12.6. The first-order chi connectivity index (χ1) is 9.97. The molecule has 2 N–H and O–H groups in total. The van der Waals surface area contributed by atoms with Crippen molar-refractivity contribution in [2.45, 2.75) is 24.2 Å². The average Bonchev–Trinajstić information content (AvgIpc) is 2.96. The van der Waals surface area contributed by atoms with Gasteiger partial charge in [-0.2, -0.15) is 0 Å². The first-order valence-electron chi connectivity index (χ1n) is 6.99. The summed E-state index contributed by atoms with van der Waals surface area (Å²) < 4.78 is 27.4. The SMILES string of the molecule is NS(=O)(=O)c1ccc(C(=O)OCCCN2CCCC2)cc1. The van der Waals surface area contributed by atoms with E-state index in [1.807, 2.05) is 0 Å². The maximum atomic E-state index is 11.8. The third kappa shape index (κ3) is 4.80. The Hall–Kier alpha value is -1.44. The van der Waals surface area contributed by atoms with E-state index in [2.05, 4.69) is 4.90 Å². The highest BCUT2D eigenvalue weighted by atomic mass is 32.2. The van der Waals surface area contributed by atoms with E-state index in [0.29, 0.717) is 12.2 Å². The van der Waals surface area contributed by atoms with Gasteiger partial charge < -0.3 is 9.64 Å². The van der Waals surface area contributed by atoms with Gasteiger partial charge in [0.15, 0.2) is 0 Å². The van der Waals surface area contributed by atoms with Crippen molar-refractivity contribution in [2.75, 3.05) is 26.2 Å². The summed E-state index contributed by atoms with van der Waals surface area (Å²) in [5.74, 6) is -0.447. The minimum absolute atomic E-state index is 0.0203. The zero-order chi connectivity index (χ0) is 15.3. The van der Waals surface area contributed by atoms with Gasteiger partial charge in [0.25, 0.3) is 0 Å². The largest absolute Gasteiger partial charge is 0.462 e. The molecule has 0 atom stereocenters. The summed E-state index contributed by atoms with van der Waals surface area (Å²) in [6.07, 6.45) is 3.30. The fourth-order valence-corrected chi connectivity index (χ4v) is 2.84. The molecule has 1 aliphatic rings. The second kappa shape index (κ2) is 7.02. The van der Waals surface area contributed by atoms with Crippen molar-refractivity contribution < 1.29 is 17.9 Å². The van der Waals surface area contributed by atoms with E-state index in [9.17, 15) is 13.2 Å². The van der Waals surface area contributed by atoms with Crippen LogP contribution in [0.3, 0.4) is 0 Å². The Bertz CT molecular complexity index is 577. The van der Waals surface area contributed by atoms with Gasteiger partial charge in [0, 0.05) is 6.54 Å². The topological polar surface area (TPSA) is 89.7 Å². The molecule has 0 saturated carbocycles. The molecule has 1 aromatic carbocycles. The Morgan fingerprint density at radius 3 is 2.38 bits per heavy atom. The van der Waals surface area contributed by atoms with Gasteiger partial charge in [0.05, 0.1) is 17.1 Å². The number of nitrogens with two attached hydrogens (primary N) is 1. The number of hydrogen-bond donors (Lipinski definition) is 1. The van der Waals surface area contributed by atoms with Crippen molar-refractivity contribution in [3.8, 4) is 0 Å². The number of sulfonamides is 1. The predicted molar refractivity (Wildman–Crippen MR) is 78.4 cm³/mol. The van der Waals surface area contributed by atoms with Crippen LogP contribution < -0.4 is 5.14 Å².